The van der Waals surface area contributed by atoms with Crippen molar-refractivity contribution in [2.75, 3.05) is 0 Å². The molecule has 2 N–H and O–H groups in total. The molecular formula is C8H12N2O. The summed E-state index contributed by atoms with van der Waals surface area (Å²) in [6.45, 7) is 0. The highest BCUT2D eigenvalue weighted by atomic mass is 16.5. The van der Waals surface area contributed by atoms with Crippen LogP contribution >= 0.6 is 0 Å². The molecule has 0 aromatic rings. The van der Waals surface area contributed by atoms with E-state index in [1.165, 1.54) is 19.3 Å². The maximum atomic E-state index is 5.50. The summed E-state index contributed by atoms with van der Waals surface area (Å²) in [6.07, 6.45) is 4.35. The highest BCUT2D eigenvalue weighted by Crippen LogP contribution is 2.49. The molecule has 1 aliphatic heterocycles. The number of aliphatic imine (C=N–C) groups is 1. The molecule has 3 heteroatoms. The number of nitrogens with zero attached hydrogens (tertiary/aromatic N) is 1. The molecule has 2 bridgehead atoms. The average molecular weight is 152 g/mol. The number of hydrogen-bond donors (Lipinski definition) is 1. The second-order valence-corrected chi connectivity index (χ2v) is 3.87. The third kappa shape index (κ3) is 0.613. The first-order valence-corrected chi connectivity index (χ1v) is 4.34. The largest absolute Gasteiger partial charge is 0.460 e. The van der Waals surface area contributed by atoms with Crippen molar-refractivity contribution in [2.24, 2.45) is 22.6 Å². The fraction of sp³-hybridized carbons (Fsp3) is 0.875. The van der Waals surface area contributed by atoms with Crippen LogP contribution in [-0.2, 0) is 4.74 Å². The third-order valence-electron chi connectivity index (χ3n) is 3.33. The summed E-state index contributed by atoms with van der Waals surface area (Å²) in [4.78, 5) is 4.31. The van der Waals surface area contributed by atoms with Crippen molar-refractivity contribution < 1.29 is 4.74 Å². The van der Waals surface area contributed by atoms with Crippen LogP contribution in [0.2, 0.25) is 0 Å². The van der Waals surface area contributed by atoms with Gasteiger partial charge in [-0.2, -0.15) is 0 Å². The van der Waals surface area contributed by atoms with Gasteiger partial charge in [0.1, 0.15) is 6.10 Å². The summed E-state index contributed by atoms with van der Waals surface area (Å²) < 4.78 is 5.45. The number of fused-ring (bicyclic) bond motifs is 5. The van der Waals surface area contributed by atoms with Gasteiger partial charge in [-0.15, -0.1) is 0 Å². The standard InChI is InChI=1S/C8H12N2O/c9-8-10-6-4-1-2-5(3-4)7(6)11-8/h4-7H,1-3H2,(H2,9,10). The summed E-state index contributed by atoms with van der Waals surface area (Å²) in [5, 5.41) is 0. The molecule has 0 saturated heterocycles. The van der Waals surface area contributed by atoms with Gasteiger partial charge in [-0.1, -0.05) is 0 Å². The van der Waals surface area contributed by atoms with Crippen LogP contribution in [0.15, 0.2) is 4.99 Å². The molecule has 4 atom stereocenters. The molecule has 3 rings (SSSR count). The molecule has 2 aliphatic carbocycles. The molecule has 11 heavy (non-hydrogen) atoms. The number of hydrogen-bond acceptors (Lipinski definition) is 3. The van der Waals surface area contributed by atoms with Crippen molar-refractivity contribution in [1.82, 2.24) is 0 Å². The van der Waals surface area contributed by atoms with Gasteiger partial charge in [0.2, 0.25) is 0 Å². The Hall–Kier alpha value is -0.730. The van der Waals surface area contributed by atoms with Gasteiger partial charge >= 0.3 is 0 Å². The molecule has 0 aromatic heterocycles. The lowest BCUT2D eigenvalue weighted by atomic mass is 9.94. The van der Waals surface area contributed by atoms with Crippen LogP contribution in [0.4, 0.5) is 0 Å². The van der Waals surface area contributed by atoms with Gasteiger partial charge < -0.3 is 10.5 Å². The van der Waals surface area contributed by atoms with E-state index in [2.05, 4.69) is 4.99 Å². The van der Waals surface area contributed by atoms with Crippen molar-refractivity contribution in [3.05, 3.63) is 0 Å². The van der Waals surface area contributed by atoms with Gasteiger partial charge in [0.15, 0.2) is 0 Å². The zero-order valence-electron chi connectivity index (χ0n) is 6.36. The first-order chi connectivity index (χ1) is 5.34. The van der Waals surface area contributed by atoms with E-state index in [0.29, 0.717) is 18.2 Å². The lowest BCUT2D eigenvalue weighted by Gasteiger charge is -2.20. The minimum atomic E-state index is 0.355. The van der Waals surface area contributed by atoms with Crippen LogP contribution in [0.5, 0.6) is 0 Å². The molecular weight excluding hydrogens is 140 g/mol. The van der Waals surface area contributed by atoms with Crippen molar-refractivity contribution >= 4 is 6.02 Å². The van der Waals surface area contributed by atoms with E-state index in [1.54, 1.807) is 0 Å². The topological polar surface area (TPSA) is 47.6 Å². The van der Waals surface area contributed by atoms with Gasteiger partial charge in [-0.25, -0.2) is 4.99 Å². The van der Waals surface area contributed by atoms with Crippen molar-refractivity contribution in [3.63, 3.8) is 0 Å². The van der Waals surface area contributed by atoms with Crippen LogP contribution in [0, 0.1) is 11.8 Å². The average Bonchev–Trinajstić information content (AvgIpc) is 2.53. The fourth-order valence-electron chi connectivity index (χ4n) is 2.87. The Bertz CT molecular complexity index is 226. The van der Waals surface area contributed by atoms with Gasteiger partial charge in [0.05, 0.1) is 6.04 Å². The highest BCUT2D eigenvalue weighted by Gasteiger charge is 2.52. The number of rotatable bonds is 0. The summed E-state index contributed by atoms with van der Waals surface area (Å²) >= 11 is 0. The lowest BCUT2D eigenvalue weighted by molar-refractivity contribution is 0.134. The van der Waals surface area contributed by atoms with Crippen LogP contribution in [0.3, 0.4) is 0 Å². The molecule has 2 fully saturated rings. The van der Waals surface area contributed by atoms with E-state index in [-0.39, 0.29) is 0 Å². The third-order valence-corrected chi connectivity index (χ3v) is 3.33. The zero-order chi connectivity index (χ0) is 7.42. The molecule has 2 saturated carbocycles. The Kier molecular flexibility index (Phi) is 0.910. The lowest BCUT2D eigenvalue weighted by Crippen LogP contribution is -2.29. The maximum absolute atomic E-state index is 5.50. The predicted molar refractivity (Wildman–Crippen MR) is 41.1 cm³/mol. The summed E-state index contributed by atoms with van der Waals surface area (Å²) in [5.74, 6) is 1.54. The maximum Gasteiger partial charge on any atom is 0.282 e. The number of amidine groups is 1. The fourth-order valence-corrected chi connectivity index (χ4v) is 2.87. The summed E-state index contributed by atoms with van der Waals surface area (Å²) in [6, 6.07) is 0.852. The molecule has 4 unspecified atom stereocenters. The highest BCUT2D eigenvalue weighted by molar-refractivity contribution is 5.73. The monoisotopic (exact) mass is 152 g/mol. The summed E-state index contributed by atoms with van der Waals surface area (Å²) in [5.41, 5.74) is 5.50. The van der Waals surface area contributed by atoms with Crippen molar-refractivity contribution in [1.29, 1.82) is 0 Å². The second-order valence-electron chi connectivity index (χ2n) is 3.87. The molecule has 1 heterocycles. The van der Waals surface area contributed by atoms with E-state index in [1.807, 2.05) is 0 Å². The number of ether oxygens (including phenoxy) is 1. The Morgan fingerprint density at radius 2 is 2.18 bits per heavy atom. The molecule has 3 nitrogen and oxygen atoms in total. The van der Waals surface area contributed by atoms with Gasteiger partial charge in [0.25, 0.3) is 6.02 Å². The Morgan fingerprint density at radius 1 is 1.36 bits per heavy atom. The Labute approximate surface area is 65.6 Å². The molecule has 60 valence electrons. The molecule has 0 radical (unpaired) electrons. The first kappa shape index (κ1) is 5.86. The van der Waals surface area contributed by atoms with E-state index in [0.717, 1.165) is 11.8 Å². The van der Waals surface area contributed by atoms with E-state index in [9.17, 15) is 0 Å². The first-order valence-electron chi connectivity index (χ1n) is 4.34. The van der Waals surface area contributed by atoms with Gasteiger partial charge in [-0.3, -0.25) is 0 Å². The normalized spacial score (nSPS) is 52.2. The quantitative estimate of drug-likeness (QED) is 0.549. The van der Waals surface area contributed by atoms with E-state index >= 15 is 0 Å². The molecule has 0 aromatic carbocycles. The molecule has 0 amide bonds. The molecule has 3 aliphatic rings. The predicted octanol–water partition coefficient (Wildman–Crippen LogP) is 0.498. The minimum Gasteiger partial charge on any atom is -0.460 e. The SMILES string of the molecule is NC1=NC2C3CCC(C3)C2O1. The minimum absolute atomic E-state index is 0.355. The smallest absolute Gasteiger partial charge is 0.282 e. The van der Waals surface area contributed by atoms with Gasteiger partial charge in [-0.05, 0) is 31.1 Å². The Morgan fingerprint density at radius 3 is 3.00 bits per heavy atom. The summed E-state index contributed by atoms with van der Waals surface area (Å²) in [7, 11) is 0. The van der Waals surface area contributed by atoms with Crippen LogP contribution in [-0.4, -0.2) is 18.2 Å². The van der Waals surface area contributed by atoms with Crippen LogP contribution in [0.25, 0.3) is 0 Å². The van der Waals surface area contributed by atoms with Crippen LogP contribution < -0.4 is 5.73 Å². The second kappa shape index (κ2) is 1.71. The van der Waals surface area contributed by atoms with E-state index < -0.39 is 0 Å². The van der Waals surface area contributed by atoms with Crippen LogP contribution in [0.1, 0.15) is 19.3 Å². The van der Waals surface area contributed by atoms with Gasteiger partial charge in [0, 0.05) is 0 Å². The zero-order valence-corrected chi connectivity index (χ0v) is 6.36. The van der Waals surface area contributed by atoms with Crippen molar-refractivity contribution in [2.45, 2.75) is 31.4 Å². The van der Waals surface area contributed by atoms with E-state index in [4.69, 9.17) is 10.5 Å². The molecule has 0 spiro atoms. The van der Waals surface area contributed by atoms with Crippen molar-refractivity contribution in [3.8, 4) is 0 Å². The Balaban J connectivity index is 1.94. The number of nitrogens with two attached hydrogens (primary N) is 1.